The van der Waals surface area contributed by atoms with E-state index in [1.807, 2.05) is 12.1 Å². The van der Waals surface area contributed by atoms with Crippen molar-refractivity contribution in [2.24, 2.45) is 0 Å². The molecule has 0 aliphatic carbocycles. The molecule has 0 radical (unpaired) electrons. The summed E-state index contributed by atoms with van der Waals surface area (Å²) in [7, 11) is 0. The maximum absolute atomic E-state index is 11.6. The second-order valence-corrected chi connectivity index (χ2v) is 5.94. The summed E-state index contributed by atoms with van der Waals surface area (Å²) in [6.07, 6.45) is 3.84. The number of Topliss-reactive ketones (excluding diaryl/α,β-unsaturated/α-hetero) is 1. The number of rotatable bonds is 2. The van der Waals surface area contributed by atoms with E-state index >= 15 is 0 Å². The molecule has 2 fully saturated rings. The molecule has 18 heavy (non-hydrogen) atoms. The van der Waals surface area contributed by atoms with Crippen LogP contribution in [0, 0.1) is 0 Å². The third-order valence-electron chi connectivity index (χ3n) is 4.40. The normalized spacial score (nSPS) is 29.6. The lowest BCUT2D eigenvalue weighted by Crippen LogP contribution is -2.44. The second kappa shape index (κ2) is 4.67. The van der Waals surface area contributed by atoms with E-state index in [9.17, 15) is 4.79 Å². The number of fused-ring (bicyclic) bond motifs is 2. The van der Waals surface area contributed by atoms with Gasteiger partial charge in [0, 0.05) is 36.0 Å². The lowest BCUT2D eigenvalue weighted by Gasteiger charge is -2.38. The molecule has 0 N–H and O–H groups in total. The smallest absolute Gasteiger partial charge is 0.136 e. The van der Waals surface area contributed by atoms with Gasteiger partial charge in [-0.2, -0.15) is 0 Å². The van der Waals surface area contributed by atoms with Crippen LogP contribution < -0.4 is 0 Å². The molecule has 0 aromatic heterocycles. The number of halogens is 1. The van der Waals surface area contributed by atoms with Crippen molar-refractivity contribution < 1.29 is 4.79 Å². The highest BCUT2D eigenvalue weighted by molar-refractivity contribution is 6.30. The lowest BCUT2D eigenvalue weighted by atomic mass is 9.96. The first kappa shape index (κ1) is 12.2. The quantitative estimate of drug-likeness (QED) is 0.813. The summed E-state index contributed by atoms with van der Waals surface area (Å²) in [5.74, 6) is 0.446. The zero-order valence-corrected chi connectivity index (χ0v) is 11.4. The summed E-state index contributed by atoms with van der Waals surface area (Å²) in [5, 5.41) is 0.780. The van der Waals surface area contributed by atoms with Crippen LogP contribution in [-0.4, -0.2) is 22.8 Å². The first-order valence-corrected chi connectivity index (χ1v) is 7.07. The zero-order valence-electron chi connectivity index (χ0n) is 10.6. The molecule has 2 aliphatic rings. The number of benzene rings is 1. The Morgan fingerprint density at radius 2 is 1.72 bits per heavy atom. The van der Waals surface area contributed by atoms with Crippen molar-refractivity contribution in [3.05, 3.63) is 34.9 Å². The highest BCUT2D eigenvalue weighted by Crippen LogP contribution is 2.40. The Morgan fingerprint density at radius 1 is 1.17 bits per heavy atom. The van der Waals surface area contributed by atoms with E-state index in [0.29, 0.717) is 23.9 Å². The molecule has 2 bridgehead atoms. The van der Waals surface area contributed by atoms with Crippen LogP contribution in [0.3, 0.4) is 0 Å². The van der Waals surface area contributed by atoms with E-state index in [-0.39, 0.29) is 0 Å². The van der Waals surface area contributed by atoms with Crippen LogP contribution >= 0.6 is 11.6 Å². The Kier molecular flexibility index (Phi) is 3.16. The average Bonchev–Trinajstić information content (AvgIpc) is 2.62. The van der Waals surface area contributed by atoms with Gasteiger partial charge in [-0.3, -0.25) is 9.69 Å². The molecule has 3 atom stereocenters. The summed E-state index contributed by atoms with van der Waals surface area (Å²) in [4.78, 5) is 14.2. The fraction of sp³-hybridized carbons (Fsp3) is 0.533. The Morgan fingerprint density at radius 3 is 2.28 bits per heavy atom. The predicted molar refractivity (Wildman–Crippen MR) is 72.8 cm³/mol. The fourth-order valence-corrected chi connectivity index (χ4v) is 3.68. The minimum Gasteiger partial charge on any atom is -0.300 e. The maximum atomic E-state index is 11.6. The number of hydrogen-bond donors (Lipinski definition) is 0. The number of ketones is 1. The highest BCUT2D eigenvalue weighted by atomic mass is 35.5. The number of piperidine rings is 1. The minimum absolute atomic E-state index is 0.382. The van der Waals surface area contributed by atoms with Crippen LogP contribution in [0.15, 0.2) is 24.3 Å². The first-order valence-electron chi connectivity index (χ1n) is 6.70. The van der Waals surface area contributed by atoms with Gasteiger partial charge in [-0.25, -0.2) is 0 Å². The van der Waals surface area contributed by atoms with E-state index in [1.54, 1.807) is 0 Å². The number of carbonyl (C=O) groups excluding carboxylic acids is 1. The van der Waals surface area contributed by atoms with Crippen molar-refractivity contribution >= 4 is 17.4 Å². The third kappa shape index (κ3) is 2.08. The molecule has 2 heterocycles. The molecule has 0 spiro atoms. The largest absolute Gasteiger partial charge is 0.300 e. The van der Waals surface area contributed by atoms with E-state index in [2.05, 4.69) is 24.0 Å². The Labute approximate surface area is 113 Å². The molecule has 1 aromatic rings. The highest BCUT2D eigenvalue weighted by Gasteiger charge is 2.42. The van der Waals surface area contributed by atoms with Crippen LogP contribution in [0.5, 0.6) is 0 Å². The summed E-state index contributed by atoms with van der Waals surface area (Å²) < 4.78 is 0. The fourth-order valence-electron chi connectivity index (χ4n) is 3.55. The number of hydrogen-bond acceptors (Lipinski definition) is 2. The monoisotopic (exact) mass is 263 g/mol. The molecular formula is C15H18ClNO. The minimum atomic E-state index is 0.382. The van der Waals surface area contributed by atoms with Crippen LogP contribution in [0.1, 0.15) is 44.2 Å². The van der Waals surface area contributed by atoms with Crippen molar-refractivity contribution in [2.75, 3.05) is 0 Å². The molecule has 3 rings (SSSR count). The number of carbonyl (C=O) groups is 1. The molecule has 3 heteroatoms. The van der Waals surface area contributed by atoms with Gasteiger partial charge in [0.15, 0.2) is 0 Å². The summed E-state index contributed by atoms with van der Waals surface area (Å²) >= 11 is 5.93. The molecule has 0 saturated carbocycles. The average molecular weight is 264 g/mol. The van der Waals surface area contributed by atoms with Crippen molar-refractivity contribution in [1.29, 1.82) is 0 Å². The first-order chi connectivity index (χ1) is 8.65. The lowest BCUT2D eigenvalue weighted by molar-refractivity contribution is -0.124. The second-order valence-electron chi connectivity index (χ2n) is 5.51. The topological polar surface area (TPSA) is 20.3 Å². The van der Waals surface area contributed by atoms with Gasteiger partial charge in [-0.15, -0.1) is 0 Å². The van der Waals surface area contributed by atoms with Crippen LogP contribution in [-0.2, 0) is 4.79 Å². The van der Waals surface area contributed by atoms with E-state index in [4.69, 9.17) is 11.6 Å². The van der Waals surface area contributed by atoms with E-state index < -0.39 is 0 Å². The molecular weight excluding hydrogens is 246 g/mol. The molecule has 2 nitrogen and oxygen atoms in total. The molecule has 3 unspecified atom stereocenters. The van der Waals surface area contributed by atoms with Gasteiger partial charge in [0.1, 0.15) is 5.78 Å². The Bertz CT molecular complexity index is 440. The van der Waals surface area contributed by atoms with Gasteiger partial charge in [-0.05, 0) is 37.5 Å². The van der Waals surface area contributed by atoms with Gasteiger partial charge in [0.25, 0.3) is 0 Å². The zero-order chi connectivity index (χ0) is 12.7. The maximum Gasteiger partial charge on any atom is 0.136 e. The van der Waals surface area contributed by atoms with Crippen molar-refractivity contribution in [2.45, 2.75) is 50.7 Å². The van der Waals surface area contributed by atoms with Crippen molar-refractivity contribution in [3.63, 3.8) is 0 Å². The molecule has 2 saturated heterocycles. The third-order valence-corrected chi connectivity index (χ3v) is 4.65. The van der Waals surface area contributed by atoms with Gasteiger partial charge in [0.2, 0.25) is 0 Å². The Hall–Kier alpha value is -0.860. The standard InChI is InChI=1S/C15H18ClNO/c1-10(11-2-4-12(16)5-3-11)17-13-6-7-14(17)9-15(18)8-13/h2-5,10,13-14H,6-9H2,1H3. The molecule has 2 aliphatic heterocycles. The Balaban J connectivity index is 1.83. The van der Waals surface area contributed by atoms with Crippen LogP contribution in [0.2, 0.25) is 5.02 Å². The van der Waals surface area contributed by atoms with Crippen molar-refractivity contribution in [3.8, 4) is 0 Å². The van der Waals surface area contributed by atoms with Gasteiger partial charge >= 0.3 is 0 Å². The number of nitrogens with zero attached hydrogens (tertiary/aromatic N) is 1. The summed E-state index contributed by atoms with van der Waals surface area (Å²) in [5.41, 5.74) is 1.30. The molecule has 0 amide bonds. The predicted octanol–water partition coefficient (Wildman–Crippen LogP) is 3.60. The van der Waals surface area contributed by atoms with Gasteiger partial charge in [0.05, 0.1) is 0 Å². The van der Waals surface area contributed by atoms with Crippen LogP contribution in [0.4, 0.5) is 0 Å². The summed E-state index contributed by atoms with van der Waals surface area (Å²) in [6, 6.07) is 9.40. The SMILES string of the molecule is CC(c1ccc(Cl)cc1)N1C2CCC1CC(=O)C2. The van der Waals surface area contributed by atoms with Gasteiger partial charge in [-0.1, -0.05) is 23.7 Å². The van der Waals surface area contributed by atoms with Crippen LogP contribution in [0.25, 0.3) is 0 Å². The van der Waals surface area contributed by atoms with Gasteiger partial charge < -0.3 is 0 Å². The van der Waals surface area contributed by atoms with E-state index in [0.717, 1.165) is 17.9 Å². The summed E-state index contributed by atoms with van der Waals surface area (Å²) in [6.45, 7) is 2.24. The molecule has 96 valence electrons. The van der Waals surface area contributed by atoms with Crippen molar-refractivity contribution in [1.82, 2.24) is 4.90 Å². The van der Waals surface area contributed by atoms with E-state index in [1.165, 1.54) is 18.4 Å². The molecule has 1 aromatic carbocycles.